The van der Waals surface area contributed by atoms with Crippen molar-refractivity contribution < 1.29 is 14.3 Å². The molecule has 20 heavy (non-hydrogen) atoms. The molecular formula is C16H25NO3. The van der Waals surface area contributed by atoms with E-state index < -0.39 is 0 Å². The number of hydrogen-bond donors (Lipinski definition) is 1. The Morgan fingerprint density at radius 2 is 1.65 bits per heavy atom. The number of nitrogens with one attached hydrogen (secondary N) is 1. The van der Waals surface area contributed by atoms with Gasteiger partial charge < -0.3 is 10.1 Å². The first kappa shape index (κ1) is 13.9. The fourth-order valence-electron chi connectivity index (χ4n) is 5.02. The second-order valence-corrected chi connectivity index (χ2v) is 6.93. The molecule has 0 aromatic carbocycles. The zero-order chi connectivity index (χ0) is 14.1. The highest BCUT2D eigenvalue weighted by molar-refractivity contribution is 5.79. The Morgan fingerprint density at radius 3 is 2.20 bits per heavy atom. The van der Waals surface area contributed by atoms with Crippen molar-refractivity contribution in [1.29, 1.82) is 0 Å². The van der Waals surface area contributed by atoms with Crippen molar-refractivity contribution in [1.82, 2.24) is 5.32 Å². The Morgan fingerprint density at radius 1 is 1.05 bits per heavy atom. The molecular weight excluding hydrogens is 254 g/mol. The lowest BCUT2D eigenvalue weighted by molar-refractivity contribution is -0.141. The third-order valence-corrected chi connectivity index (χ3v) is 5.61. The Labute approximate surface area is 120 Å². The Bertz CT molecular complexity index is 365. The number of carbonyl (C=O) groups is 2. The third-order valence-electron chi connectivity index (χ3n) is 5.61. The van der Waals surface area contributed by atoms with Crippen LogP contribution in [0.1, 0.15) is 44.9 Å². The minimum atomic E-state index is -0.200. The van der Waals surface area contributed by atoms with Crippen molar-refractivity contribution in [3.05, 3.63) is 0 Å². The van der Waals surface area contributed by atoms with Crippen LogP contribution in [-0.2, 0) is 14.3 Å². The number of carbonyl (C=O) groups excluding carboxylic acids is 2. The molecule has 0 spiro atoms. The van der Waals surface area contributed by atoms with Gasteiger partial charge in [-0.15, -0.1) is 0 Å². The number of methoxy groups -OCH3 is 1. The first-order chi connectivity index (χ1) is 9.67. The summed E-state index contributed by atoms with van der Waals surface area (Å²) in [6, 6.07) is 0. The summed E-state index contributed by atoms with van der Waals surface area (Å²) in [4.78, 5) is 23.4. The molecule has 4 nitrogen and oxygen atoms in total. The highest BCUT2D eigenvalue weighted by Crippen LogP contribution is 2.56. The summed E-state index contributed by atoms with van der Waals surface area (Å²) in [6.45, 7) is 0.594. The molecule has 4 bridgehead atoms. The van der Waals surface area contributed by atoms with E-state index in [1.54, 1.807) is 0 Å². The van der Waals surface area contributed by atoms with E-state index in [9.17, 15) is 9.59 Å². The lowest BCUT2D eigenvalue weighted by atomic mass is 9.51. The van der Waals surface area contributed by atoms with Gasteiger partial charge in [-0.05, 0) is 62.2 Å². The van der Waals surface area contributed by atoms with Crippen molar-refractivity contribution in [2.45, 2.75) is 44.9 Å². The largest absolute Gasteiger partial charge is 0.469 e. The molecule has 4 saturated carbocycles. The maximum atomic E-state index is 12.4. The van der Waals surface area contributed by atoms with Crippen molar-refractivity contribution in [3.8, 4) is 0 Å². The molecule has 0 saturated heterocycles. The van der Waals surface area contributed by atoms with E-state index in [1.165, 1.54) is 39.2 Å². The quantitative estimate of drug-likeness (QED) is 0.619. The number of ether oxygens (including phenoxy) is 1. The number of rotatable bonds is 5. The Kier molecular flexibility index (Phi) is 3.99. The van der Waals surface area contributed by atoms with Gasteiger partial charge in [-0.3, -0.25) is 9.59 Å². The van der Waals surface area contributed by atoms with Crippen LogP contribution in [0.15, 0.2) is 0 Å². The van der Waals surface area contributed by atoms with Crippen LogP contribution in [0.2, 0.25) is 0 Å². The molecule has 4 heteroatoms. The summed E-state index contributed by atoms with van der Waals surface area (Å²) in [7, 11) is 1.40. The van der Waals surface area contributed by atoms with Gasteiger partial charge in [0.25, 0.3) is 0 Å². The number of amides is 1. The molecule has 4 fully saturated rings. The van der Waals surface area contributed by atoms with E-state index in [2.05, 4.69) is 10.1 Å². The molecule has 0 aliphatic heterocycles. The van der Waals surface area contributed by atoms with Crippen molar-refractivity contribution in [2.24, 2.45) is 29.6 Å². The Hall–Kier alpha value is -1.06. The van der Waals surface area contributed by atoms with Crippen LogP contribution >= 0.6 is 0 Å². The average Bonchev–Trinajstić information content (AvgIpc) is 2.42. The second-order valence-electron chi connectivity index (χ2n) is 6.93. The smallest absolute Gasteiger partial charge is 0.305 e. The maximum absolute atomic E-state index is 12.4. The molecule has 0 heterocycles. The molecule has 1 N–H and O–H groups in total. The summed E-state index contributed by atoms with van der Waals surface area (Å²) < 4.78 is 4.60. The van der Waals surface area contributed by atoms with Gasteiger partial charge in [-0.25, -0.2) is 0 Å². The molecule has 4 aliphatic carbocycles. The molecule has 0 aromatic heterocycles. The van der Waals surface area contributed by atoms with E-state index in [-0.39, 0.29) is 17.8 Å². The lowest BCUT2D eigenvalue weighted by Gasteiger charge is -2.53. The van der Waals surface area contributed by atoms with E-state index in [0.29, 0.717) is 31.2 Å². The Balaban J connectivity index is 1.47. The summed E-state index contributed by atoms with van der Waals surface area (Å²) >= 11 is 0. The van der Waals surface area contributed by atoms with Gasteiger partial charge in [0.1, 0.15) is 0 Å². The maximum Gasteiger partial charge on any atom is 0.305 e. The molecule has 0 aromatic rings. The van der Waals surface area contributed by atoms with Gasteiger partial charge in [0.2, 0.25) is 5.91 Å². The molecule has 0 radical (unpaired) electrons. The first-order valence-electron chi connectivity index (χ1n) is 8.02. The van der Waals surface area contributed by atoms with E-state index in [4.69, 9.17) is 0 Å². The third kappa shape index (κ3) is 2.70. The molecule has 112 valence electrons. The van der Waals surface area contributed by atoms with Crippen LogP contribution < -0.4 is 5.32 Å². The van der Waals surface area contributed by atoms with Crippen molar-refractivity contribution >= 4 is 11.9 Å². The average molecular weight is 279 g/mol. The number of hydrogen-bond acceptors (Lipinski definition) is 3. The zero-order valence-corrected chi connectivity index (χ0v) is 12.3. The van der Waals surface area contributed by atoms with Gasteiger partial charge in [0.15, 0.2) is 0 Å². The highest BCUT2D eigenvalue weighted by atomic mass is 16.5. The predicted molar refractivity (Wildman–Crippen MR) is 74.8 cm³/mol. The fraction of sp³-hybridized carbons (Fsp3) is 0.875. The van der Waals surface area contributed by atoms with Gasteiger partial charge in [-0.1, -0.05) is 0 Å². The second kappa shape index (κ2) is 5.74. The summed E-state index contributed by atoms with van der Waals surface area (Å²) in [5.41, 5.74) is 0. The van der Waals surface area contributed by atoms with Gasteiger partial charge in [-0.2, -0.15) is 0 Å². The van der Waals surface area contributed by atoms with Crippen molar-refractivity contribution in [3.63, 3.8) is 0 Å². The fourth-order valence-corrected chi connectivity index (χ4v) is 5.02. The topological polar surface area (TPSA) is 55.4 Å². The first-order valence-corrected chi connectivity index (χ1v) is 8.02. The standard InChI is InChI=1S/C16H25NO3/c1-20-14(18)3-2-4-17-16(19)15-12-6-10-5-11(8-12)9-13(15)7-10/h10-13,15H,2-9H2,1H3,(H,17,19). The van der Waals surface area contributed by atoms with Crippen LogP contribution in [0.25, 0.3) is 0 Å². The predicted octanol–water partition coefficient (Wildman–Crippen LogP) is 2.13. The van der Waals surface area contributed by atoms with E-state index in [1.807, 2.05) is 0 Å². The van der Waals surface area contributed by atoms with Gasteiger partial charge in [0.05, 0.1) is 7.11 Å². The monoisotopic (exact) mass is 279 g/mol. The molecule has 4 rings (SSSR count). The molecule has 1 amide bonds. The zero-order valence-electron chi connectivity index (χ0n) is 12.3. The van der Waals surface area contributed by atoms with Crippen LogP contribution in [0, 0.1) is 29.6 Å². The highest BCUT2D eigenvalue weighted by Gasteiger charge is 2.50. The SMILES string of the molecule is COC(=O)CCCNC(=O)C1C2CC3CC(C2)CC1C3. The van der Waals surface area contributed by atoms with Crippen LogP contribution in [0.3, 0.4) is 0 Å². The summed E-state index contributed by atoms with van der Waals surface area (Å²) in [5, 5.41) is 3.04. The van der Waals surface area contributed by atoms with Gasteiger partial charge in [0, 0.05) is 18.9 Å². The normalized spacial score (nSPS) is 37.8. The molecule has 4 aliphatic rings. The molecule has 0 atom stereocenters. The lowest BCUT2D eigenvalue weighted by Crippen LogP contribution is -2.51. The number of esters is 1. The van der Waals surface area contributed by atoms with Gasteiger partial charge >= 0.3 is 5.97 Å². The van der Waals surface area contributed by atoms with E-state index in [0.717, 1.165) is 11.8 Å². The van der Waals surface area contributed by atoms with E-state index >= 15 is 0 Å². The minimum Gasteiger partial charge on any atom is -0.469 e. The van der Waals surface area contributed by atoms with Crippen LogP contribution in [-0.4, -0.2) is 25.5 Å². The minimum absolute atomic E-state index is 0.200. The summed E-state index contributed by atoms with van der Waals surface area (Å²) in [6.07, 6.45) is 7.56. The van der Waals surface area contributed by atoms with Crippen molar-refractivity contribution in [2.75, 3.05) is 13.7 Å². The van der Waals surface area contributed by atoms with Crippen LogP contribution in [0.4, 0.5) is 0 Å². The molecule has 0 unspecified atom stereocenters. The van der Waals surface area contributed by atoms with Crippen LogP contribution in [0.5, 0.6) is 0 Å². The summed E-state index contributed by atoms with van der Waals surface area (Å²) in [5.74, 6) is 3.36.